The number of nitrogens with zero attached hydrogens (tertiary/aromatic N) is 1. The van der Waals surface area contributed by atoms with Crippen LogP contribution in [0.25, 0.3) is 0 Å². The number of benzene rings is 1. The maximum Gasteiger partial charge on any atom is 0.352 e. The molecule has 1 aromatic carbocycles. The first kappa shape index (κ1) is 17.3. The van der Waals surface area contributed by atoms with Crippen LogP contribution < -0.4 is 16.6 Å². The van der Waals surface area contributed by atoms with E-state index in [0.717, 1.165) is 0 Å². The zero-order valence-corrected chi connectivity index (χ0v) is 14.3. The van der Waals surface area contributed by atoms with Crippen molar-refractivity contribution < 1.29 is 19.5 Å². The van der Waals surface area contributed by atoms with Crippen molar-refractivity contribution >= 4 is 35.2 Å². The Morgan fingerprint density at radius 1 is 1.40 bits per heavy atom. The van der Waals surface area contributed by atoms with Crippen molar-refractivity contribution in [2.24, 2.45) is 5.84 Å². The molecule has 1 fully saturated rings. The summed E-state index contributed by atoms with van der Waals surface area (Å²) in [4.78, 5) is 37.3. The van der Waals surface area contributed by atoms with E-state index in [1.165, 1.54) is 16.7 Å². The minimum atomic E-state index is -1.12. The maximum atomic E-state index is 12.3. The number of nitrogen functional groups attached to an aromatic ring is 1. The number of nitrogens with one attached hydrogen (secondary N) is 2. The molecular weight excluding hydrogens is 344 g/mol. The van der Waals surface area contributed by atoms with Crippen molar-refractivity contribution in [2.75, 3.05) is 11.2 Å². The Balaban J connectivity index is 1.68. The molecule has 9 heteroatoms. The number of nitrogens with two attached hydrogens (primary N) is 1. The Morgan fingerprint density at radius 2 is 2.12 bits per heavy atom. The number of β-lactam (4-membered cyclic amide) rings is 1. The quantitative estimate of drug-likeness (QED) is 0.337. The molecular formula is C16H18N4O4S. The number of amides is 2. The standard InChI is InChI=1S/C16H18N4O4S/c1-8-7-25-15-12(14(22)20(15)13(8)16(23)24)18-11(21)6-9-4-2-3-5-10(9)19-17/h2-5,12,15,19H,6-7,17H2,1H3,(H,18,21)(H,23,24)/t12?,15-/m1/s1. The fourth-order valence-electron chi connectivity index (χ4n) is 2.99. The van der Waals surface area contributed by atoms with E-state index < -0.39 is 17.9 Å². The Morgan fingerprint density at radius 3 is 2.80 bits per heavy atom. The number of hydrazine groups is 1. The molecule has 3 rings (SSSR count). The average molecular weight is 362 g/mol. The molecule has 2 atom stereocenters. The Bertz CT molecular complexity index is 779. The lowest BCUT2D eigenvalue weighted by atomic mass is 10.0. The summed E-state index contributed by atoms with van der Waals surface area (Å²) in [7, 11) is 0. The zero-order chi connectivity index (χ0) is 18.1. The molecule has 2 amide bonds. The molecule has 0 aliphatic carbocycles. The second-order valence-electron chi connectivity index (χ2n) is 5.87. The van der Waals surface area contributed by atoms with Crippen molar-refractivity contribution in [1.29, 1.82) is 0 Å². The number of carbonyl (C=O) groups excluding carboxylic acids is 2. The molecule has 132 valence electrons. The third kappa shape index (κ3) is 3.08. The number of hydrogen-bond donors (Lipinski definition) is 4. The van der Waals surface area contributed by atoms with Gasteiger partial charge in [-0.05, 0) is 24.1 Å². The third-order valence-corrected chi connectivity index (χ3v) is 5.63. The summed E-state index contributed by atoms with van der Waals surface area (Å²) in [5, 5.41) is 11.6. The lowest BCUT2D eigenvalue weighted by Gasteiger charge is -2.49. The van der Waals surface area contributed by atoms with Crippen LogP contribution in [0.4, 0.5) is 5.69 Å². The molecule has 0 bridgehead atoms. The molecule has 25 heavy (non-hydrogen) atoms. The van der Waals surface area contributed by atoms with Gasteiger partial charge in [0.2, 0.25) is 5.91 Å². The molecule has 1 aromatic rings. The first-order chi connectivity index (χ1) is 11.9. The van der Waals surface area contributed by atoms with E-state index in [2.05, 4.69) is 10.7 Å². The summed E-state index contributed by atoms with van der Waals surface area (Å²) in [5.41, 5.74) is 4.55. The van der Waals surface area contributed by atoms with Crippen molar-refractivity contribution in [3.05, 3.63) is 41.1 Å². The highest BCUT2D eigenvalue weighted by molar-refractivity contribution is 8.00. The summed E-state index contributed by atoms with van der Waals surface area (Å²) in [5.74, 6) is 4.11. The number of fused-ring (bicyclic) bond motifs is 1. The predicted molar refractivity (Wildman–Crippen MR) is 93.3 cm³/mol. The molecule has 0 saturated carbocycles. The van der Waals surface area contributed by atoms with Crippen molar-refractivity contribution in [3.8, 4) is 0 Å². The van der Waals surface area contributed by atoms with E-state index in [1.54, 1.807) is 31.2 Å². The number of aliphatic carboxylic acids is 1. The highest BCUT2D eigenvalue weighted by atomic mass is 32.2. The Kier molecular flexibility index (Phi) is 4.69. The molecule has 1 saturated heterocycles. The van der Waals surface area contributed by atoms with Gasteiger partial charge in [0, 0.05) is 5.75 Å². The molecule has 1 unspecified atom stereocenters. The normalized spacial score (nSPS) is 22.2. The fraction of sp³-hybridized carbons (Fsp3) is 0.312. The molecule has 0 spiro atoms. The van der Waals surface area contributed by atoms with Crippen LogP contribution in [0.3, 0.4) is 0 Å². The van der Waals surface area contributed by atoms with E-state index in [4.69, 9.17) is 5.84 Å². The minimum absolute atomic E-state index is 0.0249. The van der Waals surface area contributed by atoms with Crippen LogP contribution in [-0.4, -0.2) is 45.0 Å². The van der Waals surface area contributed by atoms with Crippen LogP contribution in [0.1, 0.15) is 12.5 Å². The van der Waals surface area contributed by atoms with E-state index in [9.17, 15) is 19.5 Å². The topological polar surface area (TPSA) is 125 Å². The van der Waals surface area contributed by atoms with Gasteiger partial charge in [0.05, 0.1) is 12.1 Å². The predicted octanol–water partition coefficient (Wildman–Crippen LogP) is 0.273. The summed E-state index contributed by atoms with van der Waals surface area (Å²) in [6.07, 6.45) is 0.0716. The molecule has 2 aliphatic heterocycles. The molecule has 2 heterocycles. The number of carboxylic acid groups (broad SMARTS) is 1. The van der Waals surface area contributed by atoms with Gasteiger partial charge >= 0.3 is 5.97 Å². The lowest BCUT2D eigenvalue weighted by molar-refractivity contribution is -0.150. The van der Waals surface area contributed by atoms with E-state index in [0.29, 0.717) is 22.6 Å². The number of thioether (sulfide) groups is 1. The van der Waals surface area contributed by atoms with Gasteiger partial charge < -0.3 is 15.8 Å². The first-order valence-corrected chi connectivity index (χ1v) is 8.70. The molecule has 2 aliphatic rings. The van der Waals surface area contributed by atoms with Crippen LogP contribution in [0.2, 0.25) is 0 Å². The summed E-state index contributed by atoms with van der Waals surface area (Å²) >= 11 is 1.45. The number of rotatable bonds is 5. The fourth-order valence-corrected chi connectivity index (χ4v) is 4.28. The van der Waals surface area contributed by atoms with Crippen LogP contribution in [-0.2, 0) is 20.8 Å². The number of carboxylic acids is 1. The van der Waals surface area contributed by atoms with Gasteiger partial charge in [-0.15, -0.1) is 11.8 Å². The van der Waals surface area contributed by atoms with Gasteiger partial charge in [0.15, 0.2) is 0 Å². The van der Waals surface area contributed by atoms with Gasteiger partial charge in [0.1, 0.15) is 17.1 Å². The largest absolute Gasteiger partial charge is 0.477 e. The van der Waals surface area contributed by atoms with Crippen LogP contribution in [0.5, 0.6) is 0 Å². The lowest BCUT2D eigenvalue weighted by Crippen LogP contribution is -2.70. The summed E-state index contributed by atoms with van der Waals surface area (Å²) < 4.78 is 0. The Hall–Kier alpha value is -2.52. The van der Waals surface area contributed by atoms with Gasteiger partial charge in [0.25, 0.3) is 5.91 Å². The molecule has 8 nitrogen and oxygen atoms in total. The van der Waals surface area contributed by atoms with E-state index in [-0.39, 0.29) is 23.4 Å². The third-order valence-electron chi connectivity index (χ3n) is 4.20. The molecule has 0 aromatic heterocycles. The second-order valence-corrected chi connectivity index (χ2v) is 6.97. The zero-order valence-electron chi connectivity index (χ0n) is 13.5. The highest BCUT2D eigenvalue weighted by Crippen LogP contribution is 2.40. The number of anilines is 1. The Labute approximate surface area is 148 Å². The average Bonchev–Trinajstić information content (AvgIpc) is 2.59. The van der Waals surface area contributed by atoms with Crippen molar-refractivity contribution in [1.82, 2.24) is 10.2 Å². The van der Waals surface area contributed by atoms with E-state index >= 15 is 0 Å². The van der Waals surface area contributed by atoms with Crippen LogP contribution in [0.15, 0.2) is 35.5 Å². The van der Waals surface area contributed by atoms with Gasteiger partial charge in [-0.3, -0.25) is 20.3 Å². The van der Waals surface area contributed by atoms with Crippen molar-refractivity contribution in [3.63, 3.8) is 0 Å². The maximum absolute atomic E-state index is 12.3. The first-order valence-electron chi connectivity index (χ1n) is 7.65. The van der Waals surface area contributed by atoms with Gasteiger partial charge in [-0.25, -0.2) is 4.79 Å². The number of para-hydroxylation sites is 1. The van der Waals surface area contributed by atoms with Gasteiger partial charge in [-0.2, -0.15) is 0 Å². The minimum Gasteiger partial charge on any atom is -0.477 e. The number of hydrogen-bond acceptors (Lipinski definition) is 6. The van der Waals surface area contributed by atoms with Crippen LogP contribution in [0, 0.1) is 0 Å². The number of carbonyl (C=O) groups is 3. The molecule has 5 N–H and O–H groups in total. The summed E-state index contributed by atoms with van der Waals surface area (Å²) in [6, 6.07) is 6.41. The SMILES string of the molecule is CC1=C(C(=O)O)N2C(=O)C(NC(=O)Cc3ccccc3NN)[C@H]2SC1. The van der Waals surface area contributed by atoms with Crippen LogP contribution >= 0.6 is 11.8 Å². The smallest absolute Gasteiger partial charge is 0.352 e. The van der Waals surface area contributed by atoms with Crippen molar-refractivity contribution in [2.45, 2.75) is 24.8 Å². The van der Waals surface area contributed by atoms with Gasteiger partial charge in [-0.1, -0.05) is 18.2 Å². The monoisotopic (exact) mass is 362 g/mol. The highest BCUT2D eigenvalue weighted by Gasteiger charge is 2.53. The summed E-state index contributed by atoms with van der Waals surface area (Å²) in [6.45, 7) is 1.70. The molecule has 0 radical (unpaired) electrons. The van der Waals surface area contributed by atoms with E-state index in [1.807, 2.05) is 0 Å². The second kappa shape index (κ2) is 6.77.